The number of carbonyl (C=O) groups is 1. The van der Waals surface area contributed by atoms with Gasteiger partial charge in [0.1, 0.15) is 6.61 Å². The summed E-state index contributed by atoms with van der Waals surface area (Å²) in [5.41, 5.74) is 0. The lowest BCUT2D eigenvalue weighted by Crippen LogP contribution is -2.29. The van der Waals surface area contributed by atoms with Crippen LogP contribution >= 0.6 is 0 Å². The van der Waals surface area contributed by atoms with E-state index in [4.69, 9.17) is 0 Å². The van der Waals surface area contributed by atoms with Crippen LogP contribution in [0.3, 0.4) is 0 Å². The number of hydrogen-bond acceptors (Lipinski definition) is 2. The lowest BCUT2D eigenvalue weighted by atomic mass is 10.5. The van der Waals surface area contributed by atoms with Crippen molar-refractivity contribution in [3.8, 4) is 0 Å². The summed E-state index contributed by atoms with van der Waals surface area (Å²) in [4.78, 5) is 10.8. The quantitative estimate of drug-likeness (QED) is 0.611. The van der Waals surface area contributed by atoms with Crippen LogP contribution in [-0.2, 0) is 9.53 Å². The molecular formula is C7H13NO2. The largest absolute Gasteiger partial charge is 0.375 e. The summed E-state index contributed by atoms with van der Waals surface area (Å²) < 4.78 is 4.66. The first-order valence-corrected chi connectivity index (χ1v) is 3.52. The van der Waals surface area contributed by atoms with Gasteiger partial charge in [0.2, 0.25) is 5.91 Å². The first-order valence-electron chi connectivity index (χ1n) is 3.52. The fourth-order valence-corrected chi connectivity index (χ4v) is 0.903. The minimum Gasteiger partial charge on any atom is -0.375 e. The van der Waals surface area contributed by atoms with Crippen LogP contribution in [0.4, 0.5) is 0 Å². The van der Waals surface area contributed by atoms with Crippen LogP contribution in [0, 0.1) is 5.92 Å². The van der Waals surface area contributed by atoms with Crippen LogP contribution in [0.15, 0.2) is 0 Å². The smallest absolute Gasteiger partial charge is 0.246 e. The molecule has 1 aliphatic carbocycles. The van der Waals surface area contributed by atoms with Gasteiger partial charge in [-0.1, -0.05) is 6.92 Å². The highest BCUT2D eigenvalue weighted by molar-refractivity contribution is 5.77. The Bertz CT molecular complexity index is 136. The number of hydrogen-bond donors (Lipinski definition) is 1. The Morgan fingerprint density at radius 2 is 2.40 bits per heavy atom. The molecular weight excluding hydrogens is 130 g/mol. The van der Waals surface area contributed by atoms with Crippen molar-refractivity contribution in [3.05, 3.63) is 0 Å². The molecule has 0 unspecified atom stereocenters. The number of ether oxygens (including phenoxy) is 1. The van der Waals surface area contributed by atoms with E-state index in [1.165, 1.54) is 7.11 Å². The molecule has 0 spiro atoms. The molecule has 1 N–H and O–H groups in total. The van der Waals surface area contributed by atoms with Gasteiger partial charge in [0, 0.05) is 13.2 Å². The summed E-state index contributed by atoms with van der Waals surface area (Å²) in [6.07, 6.45) is 1.12. The fraction of sp³-hybridized carbons (Fsp3) is 0.857. The van der Waals surface area contributed by atoms with Crippen molar-refractivity contribution in [3.63, 3.8) is 0 Å². The SMILES string of the molecule is COCC(=O)N[C@@H]1C[C@H]1C. The molecule has 1 saturated carbocycles. The molecule has 0 radical (unpaired) electrons. The Morgan fingerprint density at radius 3 is 2.80 bits per heavy atom. The topological polar surface area (TPSA) is 38.3 Å². The molecule has 10 heavy (non-hydrogen) atoms. The normalized spacial score (nSPS) is 29.8. The van der Waals surface area contributed by atoms with Gasteiger partial charge in [-0.05, 0) is 12.3 Å². The van der Waals surface area contributed by atoms with Crippen molar-refractivity contribution in [2.45, 2.75) is 19.4 Å². The van der Waals surface area contributed by atoms with Gasteiger partial charge in [0.25, 0.3) is 0 Å². The van der Waals surface area contributed by atoms with Gasteiger partial charge in [0.15, 0.2) is 0 Å². The van der Waals surface area contributed by atoms with E-state index in [2.05, 4.69) is 17.0 Å². The molecule has 1 aliphatic rings. The van der Waals surface area contributed by atoms with E-state index in [9.17, 15) is 4.79 Å². The average molecular weight is 143 g/mol. The third-order valence-electron chi connectivity index (χ3n) is 1.73. The highest BCUT2D eigenvalue weighted by atomic mass is 16.5. The van der Waals surface area contributed by atoms with Gasteiger partial charge in [-0.15, -0.1) is 0 Å². The number of nitrogens with one attached hydrogen (secondary N) is 1. The maximum absolute atomic E-state index is 10.8. The van der Waals surface area contributed by atoms with Crippen LogP contribution in [-0.4, -0.2) is 25.7 Å². The van der Waals surface area contributed by atoms with Crippen LogP contribution < -0.4 is 5.32 Å². The monoisotopic (exact) mass is 143 g/mol. The standard InChI is InChI=1S/C7H13NO2/c1-5-3-6(5)8-7(9)4-10-2/h5-6H,3-4H2,1-2H3,(H,8,9)/t5-,6-/m1/s1. The molecule has 0 saturated heterocycles. The second-order valence-electron chi connectivity index (χ2n) is 2.82. The zero-order valence-corrected chi connectivity index (χ0v) is 6.39. The van der Waals surface area contributed by atoms with Gasteiger partial charge in [0.05, 0.1) is 0 Å². The van der Waals surface area contributed by atoms with E-state index < -0.39 is 0 Å². The first-order chi connectivity index (χ1) is 4.74. The van der Waals surface area contributed by atoms with Crippen molar-refractivity contribution >= 4 is 5.91 Å². The summed E-state index contributed by atoms with van der Waals surface area (Å²) in [6.45, 7) is 2.31. The van der Waals surface area contributed by atoms with Crippen molar-refractivity contribution < 1.29 is 9.53 Å². The lowest BCUT2D eigenvalue weighted by Gasteiger charge is -2.00. The third kappa shape index (κ3) is 1.99. The predicted molar refractivity (Wildman–Crippen MR) is 37.6 cm³/mol. The highest BCUT2D eigenvalue weighted by Crippen LogP contribution is 2.28. The van der Waals surface area contributed by atoms with E-state index >= 15 is 0 Å². The highest BCUT2D eigenvalue weighted by Gasteiger charge is 2.33. The molecule has 1 amide bonds. The van der Waals surface area contributed by atoms with Crippen LogP contribution in [0.5, 0.6) is 0 Å². The van der Waals surface area contributed by atoms with Gasteiger partial charge in [-0.25, -0.2) is 0 Å². The van der Waals surface area contributed by atoms with Gasteiger partial charge in [-0.2, -0.15) is 0 Å². The van der Waals surface area contributed by atoms with Crippen LogP contribution in [0.1, 0.15) is 13.3 Å². The Morgan fingerprint density at radius 1 is 1.80 bits per heavy atom. The van der Waals surface area contributed by atoms with E-state index in [0.717, 1.165) is 6.42 Å². The minimum atomic E-state index is -0.00292. The number of amides is 1. The van der Waals surface area contributed by atoms with Crippen LogP contribution in [0.2, 0.25) is 0 Å². The Labute approximate surface area is 60.7 Å². The Balaban J connectivity index is 2.07. The molecule has 0 aromatic carbocycles. The maximum Gasteiger partial charge on any atom is 0.246 e. The molecule has 0 heterocycles. The minimum absolute atomic E-state index is 0.00292. The molecule has 0 aromatic heterocycles. The molecule has 0 aliphatic heterocycles. The maximum atomic E-state index is 10.8. The van der Waals surface area contributed by atoms with Crippen molar-refractivity contribution in [2.75, 3.05) is 13.7 Å². The molecule has 3 heteroatoms. The molecule has 3 nitrogen and oxygen atoms in total. The lowest BCUT2D eigenvalue weighted by molar-refractivity contribution is -0.124. The average Bonchev–Trinajstić information content (AvgIpc) is 2.47. The van der Waals surface area contributed by atoms with Gasteiger partial charge in [-0.3, -0.25) is 4.79 Å². The molecule has 0 aromatic rings. The summed E-state index contributed by atoms with van der Waals surface area (Å²) in [6, 6.07) is 0.419. The van der Waals surface area contributed by atoms with Crippen LogP contribution in [0.25, 0.3) is 0 Å². The summed E-state index contributed by atoms with van der Waals surface area (Å²) >= 11 is 0. The van der Waals surface area contributed by atoms with Crippen molar-refractivity contribution in [1.29, 1.82) is 0 Å². The number of methoxy groups -OCH3 is 1. The van der Waals surface area contributed by atoms with E-state index in [0.29, 0.717) is 12.0 Å². The molecule has 1 fully saturated rings. The molecule has 2 atom stereocenters. The molecule has 1 rings (SSSR count). The van der Waals surface area contributed by atoms with Gasteiger partial charge >= 0.3 is 0 Å². The van der Waals surface area contributed by atoms with Gasteiger partial charge < -0.3 is 10.1 Å². The summed E-state index contributed by atoms with van der Waals surface area (Å²) in [7, 11) is 1.52. The number of carbonyl (C=O) groups excluding carboxylic acids is 1. The van der Waals surface area contributed by atoms with E-state index in [1.54, 1.807) is 0 Å². The zero-order valence-electron chi connectivity index (χ0n) is 6.39. The zero-order chi connectivity index (χ0) is 7.56. The molecule has 0 bridgehead atoms. The summed E-state index contributed by atoms with van der Waals surface area (Å²) in [5, 5.41) is 2.84. The Kier molecular flexibility index (Phi) is 2.27. The predicted octanol–water partition coefficient (Wildman–Crippen LogP) is 0.157. The molecule has 58 valence electrons. The first kappa shape index (κ1) is 7.54. The number of rotatable bonds is 3. The van der Waals surface area contributed by atoms with Crippen molar-refractivity contribution in [2.24, 2.45) is 5.92 Å². The second kappa shape index (κ2) is 3.01. The second-order valence-corrected chi connectivity index (χ2v) is 2.82. The third-order valence-corrected chi connectivity index (χ3v) is 1.73. The van der Waals surface area contributed by atoms with E-state index in [1.807, 2.05) is 0 Å². The summed E-state index contributed by atoms with van der Waals surface area (Å²) in [5.74, 6) is 0.664. The van der Waals surface area contributed by atoms with E-state index in [-0.39, 0.29) is 12.5 Å². The Hall–Kier alpha value is -0.570. The van der Waals surface area contributed by atoms with Crippen molar-refractivity contribution in [1.82, 2.24) is 5.32 Å². The fourth-order valence-electron chi connectivity index (χ4n) is 0.903.